The van der Waals surface area contributed by atoms with Crippen molar-refractivity contribution in [2.45, 2.75) is 13.3 Å². The van der Waals surface area contributed by atoms with Gasteiger partial charge in [-0.3, -0.25) is 0 Å². The lowest BCUT2D eigenvalue weighted by Gasteiger charge is -2.09. The number of nitrogens with one attached hydrogen (secondary N) is 1. The largest absolute Gasteiger partial charge is 0.478 e. The number of nitrogens with two attached hydrogens (primary N) is 1. The van der Waals surface area contributed by atoms with Gasteiger partial charge in [-0.05, 0) is 13.0 Å². The van der Waals surface area contributed by atoms with Crippen molar-refractivity contribution in [3.63, 3.8) is 0 Å². The number of carbonyl (C=O) groups is 1. The quantitative estimate of drug-likeness (QED) is 0.770. The lowest BCUT2D eigenvalue weighted by atomic mass is 10.2. The number of carboxylic acid groups (broad SMARTS) is 1. The van der Waals surface area contributed by atoms with Crippen molar-refractivity contribution in [3.05, 3.63) is 33.9 Å². The highest BCUT2D eigenvalue weighted by atomic mass is 32.1. The first-order valence-corrected chi connectivity index (χ1v) is 6.58. The minimum atomic E-state index is -1.06. The summed E-state index contributed by atoms with van der Waals surface area (Å²) in [7, 11) is 0. The van der Waals surface area contributed by atoms with Crippen LogP contribution in [0.25, 0.3) is 0 Å². The second kappa shape index (κ2) is 5.66. The summed E-state index contributed by atoms with van der Waals surface area (Å²) in [6.07, 6.45) is 2.17. The second-order valence-corrected chi connectivity index (χ2v) is 4.93. The van der Waals surface area contributed by atoms with Gasteiger partial charge in [0.15, 0.2) is 0 Å². The molecule has 0 radical (unpaired) electrons. The zero-order valence-corrected chi connectivity index (χ0v) is 11.2. The summed E-state index contributed by atoms with van der Waals surface area (Å²) in [5, 5.41) is 15.0. The van der Waals surface area contributed by atoms with E-state index in [9.17, 15) is 4.79 Å². The highest BCUT2D eigenvalue weighted by Crippen LogP contribution is 2.20. The van der Waals surface area contributed by atoms with E-state index in [-0.39, 0.29) is 11.3 Å². The van der Waals surface area contributed by atoms with Crippen molar-refractivity contribution in [1.29, 1.82) is 0 Å². The molecule has 7 heteroatoms. The summed E-state index contributed by atoms with van der Waals surface area (Å²) in [5.74, 6) is -0.660. The van der Waals surface area contributed by atoms with Crippen LogP contribution in [-0.2, 0) is 6.42 Å². The molecule has 0 fully saturated rings. The molecule has 0 aromatic carbocycles. The van der Waals surface area contributed by atoms with Crippen LogP contribution in [0.1, 0.15) is 21.1 Å². The number of hydrogen-bond acceptors (Lipinski definition) is 6. The van der Waals surface area contributed by atoms with E-state index in [0.717, 1.165) is 17.1 Å². The Kier molecular flexibility index (Phi) is 3.96. The number of nitrogen functional groups attached to an aromatic ring is 1. The molecule has 0 saturated heterocycles. The Balaban J connectivity index is 2.00. The van der Waals surface area contributed by atoms with E-state index in [1.807, 2.05) is 12.3 Å². The van der Waals surface area contributed by atoms with E-state index in [1.54, 1.807) is 11.3 Å². The molecule has 0 saturated carbocycles. The van der Waals surface area contributed by atoms with E-state index in [1.165, 1.54) is 12.3 Å². The molecule has 0 spiro atoms. The standard InChI is InChI=1S/C12H14N4O2S/c1-7-6-19-9(16-7)3-5-15-11-10(13)8(12(17)18)2-4-14-11/h2,4,6H,3,5,13H2,1H3,(H,14,15)(H,17,18). The predicted molar refractivity (Wildman–Crippen MR) is 74.7 cm³/mol. The Labute approximate surface area is 114 Å². The molecule has 0 atom stereocenters. The third kappa shape index (κ3) is 3.19. The fraction of sp³-hybridized carbons (Fsp3) is 0.250. The van der Waals surface area contributed by atoms with Crippen molar-refractivity contribution >= 4 is 28.8 Å². The predicted octanol–water partition coefficient (Wildman–Crippen LogP) is 1.78. The third-order valence-electron chi connectivity index (χ3n) is 2.52. The lowest BCUT2D eigenvalue weighted by molar-refractivity contribution is 0.0698. The van der Waals surface area contributed by atoms with E-state index < -0.39 is 5.97 Å². The number of aromatic carboxylic acids is 1. The highest BCUT2D eigenvalue weighted by Gasteiger charge is 2.11. The number of nitrogens with zero attached hydrogens (tertiary/aromatic N) is 2. The molecule has 6 nitrogen and oxygen atoms in total. The van der Waals surface area contributed by atoms with E-state index >= 15 is 0 Å². The molecule has 0 unspecified atom stereocenters. The number of carboxylic acids is 1. The SMILES string of the molecule is Cc1csc(CCNc2nccc(C(=O)O)c2N)n1. The summed E-state index contributed by atoms with van der Waals surface area (Å²) < 4.78 is 0. The summed E-state index contributed by atoms with van der Waals surface area (Å²) in [6, 6.07) is 1.38. The third-order valence-corrected chi connectivity index (χ3v) is 3.54. The number of aryl methyl sites for hydroxylation is 1. The highest BCUT2D eigenvalue weighted by molar-refractivity contribution is 7.09. The van der Waals surface area contributed by atoms with Crippen LogP contribution in [0.15, 0.2) is 17.6 Å². The zero-order chi connectivity index (χ0) is 13.8. The van der Waals surface area contributed by atoms with Crippen molar-refractivity contribution in [2.24, 2.45) is 0 Å². The van der Waals surface area contributed by atoms with Gasteiger partial charge in [0.1, 0.15) is 5.82 Å². The summed E-state index contributed by atoms with van der Waals surface area (Å²) in [5.41, 5.74) is 6.97. The maximum atomic E-state index is 10.9. The Hall–Kier alpha value is -2.15. The number of rotatable bonds is 5. The van der Waals surface area contributed by atoms with Gasteiger partial charge in [0.25, 0.3) is 0 Å². The summed E-state index contributed by atoms with van der Waals surface area (Å²) in [4.78, 5) is 19.3. The van der Waals surface area contributed by atoms with Gasteiger partial charge < -0.3 is 16.2 Å². The van der Waals surface area contributed by atoms with Crippen LogP contribution in [-0.4, -0.2) is 27.6 Å². The van der Waals surface area contributed by atoms with Crippen molar-refractivity contribution < 1.29 is 9.90 Å². The molecule has 4 N–H and O–H groups in total. The van der Waals surface area contributed by atoms with Gasteiger partial charge in [-0.1, -0.05) is 0 Å². The molecule has 19 heavy (non-hydrogen) atoms. The van der Waals surface area contributed by atoms with Crippen LogP contribution in [0.2, 0.25) is 0 Å². The topological polar surface area (TPSA) is 101 Å². The van der Waals surface area contributed by atoms with Crippen LogP contribution in [0.3, 0.4) is 0 Å². The number of thiazole rings is 1. The molecule has 2 aromatic rings. The number of pyridine rings is 1. The molecule has 0 bridgehead atoms. The average Bonchev–Trinajstić information content (AvgIpc) is 2.77. The Morgan fingerprint density at radius 2 is 2.37 bits per heavy atom. The van der Waals surface area contributed by atoms with Gasteiger partial charge >= 0.3 is 5.97 Å². The molecular formula is C12H14N4O2S. The van der Waals surface area contributed by atoms with Gasteiger partial charge in [-0.15, -0.1) is 11.3 Å². The maximum Gasteiger partial charge on any atom is 0.337 e. The lowest BCUT2D eigenvalue weighted by Crippen LogP contribution is -2.11. The molecule has 2 aromatic heterocycles. The molecule has 100 valence electrons. The van der Waals surface area contributed by atoms with Gasteiger partial charge in [-0.25, -0.2) is 14.8 Å². The molecule has 0 amide bonds. The van der Waals surface area contributed by atoms with E-state index in [0.29, 0.717) is 12.4 Å². The molecule has 0 aliphatic heterocycles. The second-order valence-electron chi connectivity index (χ2n) is 3.99. The van der Waals surface area contributed by atoms with Gasteiger partial charge in [0.05, 0.1) is 16.3 Å². The van der Waals surface area contributed by atoms with Crippen LogP contribution >= 0.6 is 11.3 Å². The Morgan fingerprint density at radius 1 is 1.58 bits per heavy atom. The first kappa shape index (κ1) is 13.3. The fourth-order valence-corrected chi connectivity index (χ4v) is 2.38. The number of anilines is 2. The normalized spacial score (nSPS) is 10.4. The molecule has 2 rings (SSSR count). The molecule has 0 aliphatic rings. The van der Waals surface area contributed by atoms with Crippen molar-refractivity contribution in [1.82, 2.24) is 9.97 Å². The minimum Gasteiger partial charge on any atom is -0.478 e. The average molecular weight is 278 g/mol. The van der Waals surface area contributed by atoms with Gasteiger partial charge in [0.2, 0.25) is 0 Å². The van der Waals surface area contributed by atoms with E-state index in [4.69, 9.17) is 10.8 Å². The van der Waals surface area contributed by atoms with Gasteiger partial charge in [-0.2, -0.15) is 0 Å². The first-order valence-electron chi connectivity index (χ1n) is 5.70. The smallest absolute Gasteiger partial charge is 0.337 e. The maximum absolute atomic E-state index is 10.9. The zero-order valence-electron chi connectivity index (χ0n) is 10.4. The summed E-state index contributed by atoms with van der Waals surface area (Å²) in [6.45, 7) is 2.55. The van der Waals surface area contributed by atoms with Crippen LogP contribution in [0.5, 0.6) is 0 Å². The number of hydrogen-bond donors (Lipinski definition) is 3. The van der Waals surface area contributed by atoms with Crippen molar-refractivity contribution in [2.75, 3.05) is 17.6 Å². The van der Waals surface area contributed by atoms with Crippen LogP contribution in [0.4, 0.5) is 11.5 Å². The molecule has 2 heterocycles. The first-order chi connectivity index (χ1) is 9.08. The van der Waals surface area contributed by atoms with Crippen molar-refractivity contribution in [3.8, 4) is 0 Å². The van der Waals surface area contributed by atoms with E-state index in [2.05, 4.69) is 15.3 Å². The monoisotopic (exact) mass is 278 g/mol. The molecular weight excluding hydrogens is 264 g/mol. The summed E-state index contributed by atoms with van der Waals surface area (Å²) >= 11 is 1.60. The van der Waals surface area contributed by atoms with Gasteiger partial charge in [0, 0.05) is 30.2 Å². The Bertz CT molecular complexity index is 597. The fourth-order valence-electron chi connectivity index (χ4n) is 1.61. The Morgan fingerprint density at radius 3 is 3.00 bits per heavy atom. The minimum absolute atomic E-state index is 0.0580. The molecule has 0 aliphatic carbocycles. The van der Waals surface area contributed by atoms with Crippen LogP contribution < -0.4 is 11.1 Å². The number of aromatic nitrogens is 2. The van der Waals surface area contributed by atoms with Crippen LogP contribution in [0, 0.1) is 6.92 Å².